The van der Waals surface area contributed by atoms with E-state index >= 15 is 0 Å². The molecule has 3 rings (SSSR count). The van der Waals surface area contributed by atoms with E-state index < -0.39 is 0 Å². The van der Waals surface area contributed by atoms with Gasteiger partial charge < -0.3 is 14.6 Å². The number of hydrogen-bond acceptors (Lipinski definition) is 3. The van der Waals surface area contributed by atoms with Crippen molar-refractivity contribution in [1.82, 2.24) is 9.88 Å². The van der Waals surface area contributed by atoms with E-state index in [4.69, 9.17) is 4.74 Å². The van der Waals surface area contributed by atoms with Crippen LogP contribution < -0.4 is 0 Å². The lowest BCUT2D eigenvalue weighted by Gasteiger charge is -2.25. The van der Waals surface area contributed by atoms with Gasteiger partial charge in [-0.05, 0) is 51.7 Å². The molecule has 1 aromatic carbocycles. The molecule has 0 radical (unpaired) electrons. The fraction of sp³-hybridized carbons (Fsp3) is 0.429. The lowest BCUT2D eigenvalue weighted by atomic mass is 10.0. The zero-order valence-corrected chi connectivity index (χ0v) is 15.8. The number of carbonyl (C=O) groups is 2. The highest BCUT2D eigenvalue weighted by molar-refractivity contribution is 6.00. The maximum absolute atomic E-state index is 13.2. The van der Waals surface area contributed by atoms with Crippen LogP contribution in [0.3, 0.4) is 0 Å². The van der Waals surface area contributed by atoms with Crippen LogP contribution in [0.2, 0.25) is 0 Å². The third-order valence-corrected chi connectivity index (χ3v) is 4.90. The summed E-state index contributed by atoms with van der Waals surface area (Å²) in [7, 11) is 0. The maximum atomic E-state index is 13.2. The Bertz CT molecular complexity index is 808. The third-order valence-electron chi connectivity index (χ3n) is 4.90. The normalized spacial score (nSPS) is 17.0. The van der Waals surface area contributed by atoms with Crippen LogP contribution in [0.25, 0.3) is 0 Å². The molecule has 0 bridgehead atoms. The first-order valence-electron chi connectivity index (χ1n) is 9.16. The topological polar surface area (TPSA) is 62.4 Å². The van der Waals surface area contributed by atoms with E-state index in [-0.39, 0.29) is 24.0 Å². The Labute approximate surface area is 154 Å². The molecule has 0 aliphatic carbocycles. The number of aryl methyl sites for hydroxylation is 1. The molecule has 1 aromatic heterocycles. The number of H-pyrrole nitrogens is 1. The molecule has 1 fully saturated rings. The van der Waals surface area contributed by atoms with Crippen molar-refractivity contribution in [1.29, 1.82) is 0 Å². The molecular weight excluding hydrogens is 328 g/mol. The maximum Gasteiger partial charge on any atom is 0.340 e. The molecule has 138 valence electrons. The molecule has 1 N–H and O–H groups in total. The number of carbonyl (C=O) groups excluding carboxylic acids is 2. The Kier molecular flexibility index (Phi) is 5.16. The van der Waals surface area contributed by atoms with E-state index in [1.807, 2.05) is 36.9 Å². The fourth-order valence-corrected chi connectivity index (χ4v) is 3.72. The average molecular weight is 354 g/mol. The van der Waals surface area contributed by atoms with E-state index in [9.17, 15) is 9.59 Å². The quantitative estimate of drug-likeness (QED) is 0.838. The van der Waals surface area contributed by atoms with Crippen molar-refractivity contribution in [2.45, 2.75) is 52.7 Å². The van der Waals surface area contributed by atoms with Gasteiger partial charge in [-0.3, -0.25) is 4.79 Å². The number of nitrogens with one attached hydrogen (secondary N) is 1. The number of nitrogens with zero attached hydrogens (tertiary/aromatic N) is 1. The van der Waals surface area contributed by atoms with E-state index in [2.05, 4.69) is 17.1 Å². The van der Waals surface area contributed by atoms with Crippen LogP contribution in [0.15, 0.2) is 30.3 Å². The van der Waals surface area contributed by atoms with Gasteiger partial charge in [0, 0.05) is 12.2 Å². The van der Waals surface area contributed by atoms with Crippen molar-refractivity contribution in [3.05, 3.63) is 58.4 Å². The van der Waals surface area contributed by atoms with Gasteiger partial charge in [0.05, 0.1) is 17.7 Å². The second-order valence-electron chi connectivity index (χ2n) is 7.15. The summed E-state index contributed by atoms with van der Waals surface area (Å²) in [5, 5.41) is 0. The summed E-state index contributed by atoms with van der Waals surface area (Å²) >= 11 is 0. The number of aromatic nitrogens is 1. The summed E-state index contributed by atoms with van der Waals surface area (Å²) in [6, 6.07) is 10.2. The van der Waals surface area contributed by atoms with Crippen molar-refractivity contribution >= 4 is 11.9 Å². The van der Waals surface area contributed by atoms with Crippen LogP contribution in [0, 0.1) is 13.8 Å². The van der Waals surface area contributed by atoms with Crippen molar-refractivity contribution in [2.75, 3.05) is 6.54 Å². The molecule has 1 amide bonds. The minimum atomic E-state index is -0.383. The third kappa shape index (κ3) is 3.39. The first kappa shape index (κ1) is 18.2. The standard InChI is InChI=1S/C21H26N2O3/c1-13(2)26-21(25)18-14(3)19(22-15(18)4)20(24)23-12-8-11-17(23)16-9-6-5-7-10-16/h5-7,9-10,13,17,22H,8,11-12H2,1-4H3. The molecule has 0 saturated carbocycles. The molecule has 1 saturated heterocycles. The number of hydrogen-bond donors (Lipinski definition) is 1. The SMILES string of the molecule is Cc1[nH]c(C(=O)N2CCCC2c2ccccc2)c(C)c1C(=O)OC(C)C. The first-order valence-corrected chi connectivity index (χ1v) is 9.16. The molecule has 5 heteroatoms. The van der Waals surface area contributed by atoms with Crippen LogP contribution in [0.4, 0.5) is 0 Å². The molecule has 2 heterocycles. The molecule has 0 spiro atoms. The number of likely N-dealkylation sites (tertiary alicyclic amines) is 1. The van der Waals surface area contributed by atoms with Crippen LogP contribution in [0.1, 0.15) is 70.4 Å². The van der Waals surface area contributed by atoms with E-state index in [1.165, 1.54) is 0 Å². The molecule has 5 nitrogen and oxygen atoms in total. The van der Waals surface area contributed by atoms with Gasteiger partial charge >= 0.3 is 5.97 Å². The number of amides is 1. The average Bonchev–Trinajstić information content (AvgIpc) is 3.19. The Morgan fingerprint density at radius 3 is 2.54 bits per heavy atom. The van der Waals surface area contributed by atoms with Gasteiger partial charge in [-0.2, -0.15) is 0 Å². The van der Waals surface area contributed by atoms with Gasteiger partial charge in [-0.25, -0.2) is 4.79 Å². The van der Waals surface area contributed by atoms with Crippen molar-refractivity contribution in [3.63, 3.8) is 0 Å². The zero-order chi connectivity index (χ0) is 18.8. The zero-order valence-electron chi connectivity index (χ0n) is 15.8. The Balaban J connectivity index is 1.89. The number of ether oxygens (including phenoxy) is 1. The molecular formula is C21H26N2O3. The minimum Gasteiger partial charge on any atom is -0.459 e. The van der Waals surface area contributed by atoms with Crippen LogP contribution in [-0.2, 0) is 4.74 Å². The molecule has 2 aromatic rings. The lowest BCUT2D eigenvalue weighted by molar-refractivity contribution is 0.0376. The highest BCUT2D eigenvalue weighted by atomic mass is 16.5. The van der Waals surface area contributed by atoms with Crippen LogP contribution >= 0.6 is 0 Å². The van der Waals surface area contributed by atoms with Gasteiger partial charge in [0.25, 0.3) is 5.91 Å². The number of aromatic amines is 1. The summed E-state index contributed by atoms with van der Waals surface area (Å²) in [4.78, 5) is 30.6. The first-order chi connectivity index (χ1) is 12.4. The number of esters is 1. The number of benzene rings is 1. The van der Waals surface area contributed by atoms with Crippen molar-refractivity contribution in [2.24, 2.45) is 0 Å². The Morgan fingerprint density at radius 2 is 1.88 bits per heavy atom. The Hall–Kier alpha value is -2.56. The smallest absolute Gasteiger partial charge is 0.340 e. The highest BCUT2D eigenvalue weighted by Crippen LogP contribution is 2.34. The van der Waals surface area contributed by atoms with Gasteiger partial charge in [0.2, 0.25) is 0 Å². The minimum absolute atomic E-state index is 0.0550. The summed E-state index contributed by atoms with van der Waals surface area (Å²) in [5.74, 6) is -0.438. The predicted octanol–water partition coefficient (Wildman–Crippen LogP) is 4.17. The highest BCUT2D eigenvalue weighted by Gasteiger charge is 2.33. The summed E-state index contributed by atoms with van der Waals surface area (Å²) in [5.41, 5.74) is 3.45. The van der Waals surface area contributed by atoms with Gasteiger partial charge in [0.1, 0.15) is 5.69 Å². The lowest BCUT2D eigenvalue weighted by Crippen LogP contribution is -2.31. The van der Waals surface area contributed by atoms with Gasteiger partial charge in [0.15, 0.2) is 0 Å². The monoisotopic (exact) mass is 354 g/mol. The second-order valence-corrected chi connectivity index (χ2v) is 7.15. The van der Waals surface area contributed by atoms with E-state index in [0.29, 0.717) is 22.5 Å². The van der Waals surface area contributed by atoms with Crippen LogP contribution in [-0.4, -0.2) is 34.4 Å². The van der Waals surface area contributed by atoms with Crippen LogP contribution in [0.5, 0.6) is 0 Å². The molecule has 1 atom stereocenters. The van der Waals surface area contributed by atoms with Gasteiger partial charge in [-0.15, -0.1) is 0 Å². The van der Waals surface area contributed by atoms with E-state index in [0.717, 1.165) is 24.9 Å². The van der Waals surface area contributed by atoms with Gasteiger partial charge in [-0.1, -0.05) is 30.3 Å². The molecule has 1 aliphatic heterocycles. The van der Waals surface area contributed by atoms with Crippen molar-refractivity contribution in [3.8, 4) is 0 Å². The Morgan fingerprint density at radius 1 is 1.19 bits per heavy atom. The predicted molar refractivity (Wildman–Crippen MR) is 100 cm³/mol. The molecule has 26 heavy (non-hydrogen) atoms. The second kappa shape index (κ2) is 7.36. The molecule has 1 unspecified atom stereocenters. The summed E-state index contributed by atoms with van der Waals surface area (Å²) in [6.45, 7) is 7.97. The fourth-order valence-electron chi connectivity index (χ4n) is 3.72. The summed E-state index contributed by atoms with van der Waals surface area (Å²) in [6.07, 6.45) is 1.74. The largest absolute Gasteiger partial charge is 0.459 e. The summed E-state index contributed by atoms with van der Waals surface area (Å²) < 4.78 is 5.32. The van der Waals surface area contributed by atoms with Crippen molar-refractivity contribution < 1.29 is 14.3 Å². The van der Waals surface area contributed by atoms with E-state index in [1.54, 1.807) is 13.8 Å². The molecule has 1 aliphatic rings. The number of rotatable bonds is 4.